The van der Waals surface area contributed by atoms with Gasteiger partial charge in [-0.1, -0.05) is 6.08 Å². The van der Waals surface area contributed by atoms with Crippen molar-refractivity contribution >= 4 is 11.8 Å². The summed E-state index contributed by atoms with van der Waals surface area (Å²) < 4.78 is 11.1. The molecule has 0 unspecified atom stereocenters. The molecule has 0 saturated carbocycles. The Kier molecular flexibility index (Phi) is 5.36. The number of esters is 1. The fraction of sp³-hybridized carbons (Fsp3) is 0.714. The molecular weight excluding hydrogens is 348 g/mol. The molecule has 2 N–H and O–H groups in total. The Morgan fingerprint density at radius 3 is 2.67 bits per heavy atom. The van der Waals surface area contributed by atoms with Gasteiger partial charge in [-0.2, -0.15) is 0 Å². The maximum Gasteiger partial charge on any atom is 0.333 e. The lowest BCUT2D eigenvalue weighted by Gasteiger charge is -2.36. The predicted molar refractivity (Wildman–Crippen MR) is 98.9 cm³/mol. The monoisotopic (exact) mass is 378 g/mol. The van der Waals surface area contributed by atoms with Crippen LogP contribution in [-0.2, 0) is 19.1 Å². The molecule has 2 aliphatic heterocycles. The summed E-state index contributed by atoms with van der Waals surface area (Å²) >= 11 is 0. The Labute approximate surface area is 160 Å². The number of allylic oxidation sites excluding steroid dienone is 2. The first-order valence-corrected chi connectivity index (χ1v) is 9.70. The van der Waals surface area contributed by atoms with Crippen LogP contribution in [0.25, 0.3) is 0 Å². The molecule has 6 nitrogen and oxygen atoms in total. The third-order valence-electron chi connectivity index (χ3n) is 6.61. The third kappa shape index (κ3) is 3.50. The Hall–Kier alpha value is -1.50. The van der Waals surface area contributed by atoms with Crippen molar-refractivity contribution in [3.05, 3.63) is 22.8 Å². The van der Waals surface area contributed by atoms with E-state index in [9.17, 15) is 19.8 Å². The lowest BCUT2D eigenvalue weighted by Crippen LogP contribution is -2.47. The van der Waals surface area contributed by atoms with E-state index < -0.39 is 35.3 Å². The van der Waals surface area contributed by atoms with Crippen molar-refractivity contribution in [2.75, 3.05) is 7.11 Å². The van der Waals surface area contributed by atoms with Crippen molar-refractivity contribution in [3.63, 3.8) is 0 Å². The van der Waals surface area contributed by atoms with E-state index in [-0.39, 0.29) is 5.78 Å². The first-order valence-electron chi connectivity index (χ1n) is 9.70. The molecule has 6 heteroatoms. The molecule has 1 aliphatic carbocycles. The quantitative estimate of drug-likeness (QED) is 0.680. The normalized spacial score (nSPS) is 42.1. The summed E-state index contributed by atoms with van der Waals surface area (Å²) in [7, 11) is 1.33. The molecule has 0 spiro atoms. The molecule has 27 heavy (non-hydrogen) atoms. The largest absolute Gasteiger partial charge is 0.466 e. The molecule has 0 amide bonds. The van der Waals surface area contributed by atoms with Crippen LogP contribution >= 0.6 is 0 Å². The summed E-state index contributed by atoms with van der Waals surface area (Å²) in [5.41, 5.74) is -0.147. The van der Waals surface area contributed by atoms with E-state index in [0.29, 0.717) is 55.2 Å². The van der Waals surface area contributed by atoms with Gasteiger partial charge in [-0.3, -0.25) is 4.79 Å². The molecular formula is C21H30O6. The SMILES string of the molecule is COC(=O)/C1=C/CC[C@](C)(O)[C@@H]2CC[C@@](C)(O2)[C@@H]2C(=O)C(=C(C)[C@H]2O)CC1. The maximum atomic E-state index is 13.1. The van der Waals surface area contributed by atoms with Crippen molar-refractivity contribution in [3.8, 4) is 0 Å². The van der Waals surface area contributed by atoms with E-state index in [0.717, 1.165) is 0 Å². The lowest BCUT2D eigenvalue weighted by atomic mass is 9.80. The Morgan fingerprint density at radius 2 is 2.00 bits per heavy atom. The van der Waals surface area contributed by atoms with Gasteiger partial charge in [-0.15, -0.1) is 0 Å². The number of methoxy groups -OCH3 is 1. The highest BCUT2D eigenvalue weighted by Gasteiger charge is 2.55. The number of Topliss-reactive ketones (excluding diaryl/α,β-unsaturated/α-hetero) is 1. The lowest BCUT2D eigenvalue weighted by molar-refractivity contribution is -0.160. The number of aliphatic hydroxyl groups is 2. The number of carbonyl (C=O) groups is 2. The molecule has 3 rings (SSSR count). The second-order valence-corrected chi connectivity index (χ2v) is 8.52. The molecule has 5 atom stereocenters. The van der Waals surface area contributed by atoms with Crippen molar-refractivity contribution in [2.45, 2.75) is 82.7 Å². The number of ether oxygens (including phenoxy) is 2. The van der Waals surface area contributed by atoms with Gasteiger partial charge in [-0.25, -0.2) is 4.79 Å². The smallest absolute Gasteiger partial charge is 0.333 e. The summed E-state index contributed by atoms with van der Waals surface area (Å²) in [5.74, 6) is -1.19. The van der Waals surface area contributed by atoms with Gasteiger partial charge in [0, 0.05) is 5.57 Å². The molecule has 1 fully saturated rings. The first-order chi connectivity index (χ1) is 12.6. The van der Waals surface area contributed by atoms with Gasteiger partial charge in [0.25, 0.3) is 0 Å². The predicted octanol–water partition coefficient (Wildman–Crippen LogP) is 2.22. The molecule has 4 bridgehead atoms. The molecule has 150 valence electrons. The highest BCUT2D eigenvalue weighted by molar-refractivity contribution is 6.02. The zero-order valence-corrected chi connectivity index (χ0v) is 16.6. The molecule has 0 aromatic carbocycles. The van der Waals surface area contributed by atoms with Gasteiger partial charge in [0.2, 0.25) is 0 Å². The third-order valence-corrected chi connectivity index (χ3v) is 6.61. The van der Waals surface area contributed by atoms with Crippen LogP contribution in [0.3, 0.4) is 0 Å². The van der Waals surface area contributed by atoms with Crippen molar-refractivity contribution in [1.82, 2.24) is 0 Å². The van der Waals surface area contributed by atoms with E-state index in [1.54, 1.807) is 19.9 Å². The van der Waals surface area contributed by atoms with E-state index >= 15 is 0 Å². The van der Waals surface area contributed by atoms with E-state index in [1.807, 2.05) is 6.92 Å². The molecule has 3 aliphatic rings. The molecule has 0 aromatic rings. The summed E-state index contributed by atoms with van der Waals surface area (Å²) in [6.07, 6.45) is 3.44. The number of hydrogen-bond donors (Lipinski definition) is 2. The van der Waals surface area contributed by atoms with Gasteiger partial charge in [-0.05, 0) is 70.4 Å². The van der Waals surface area contributed by atoms with Crippen molar-refractivity contribution in [2.24, 2.45) is 5.92 Å². The maximum absolute atomic E-state index is 13.1. The number of carbonyl (C=O) groups excluding carboxylic acids is 2. The zero-order chi connectivity index (χ0) is 20.0. The van der Waals surface area contributed by atoms with E-state index in [4.69, 9.17) is 9.47 Å². The number of rotatable bonds is 1. The van der Waals surface area contributed by atoms with Crippen molar-refractivity contribution < 1.29 is 29.3 Å². The molecule has 0 aromatic heterocycles. The fourth-order valence-corrected chi connectivity index (χ4v) is 4.79. The Morgan fingerprint density at radius 1 is 1.30 bits per heavy atom. The summed E-state index contributed by atoms with van der Waals surface area (Å²) in [6.45, 7) is 5.37. The van der Waals surface area contributed by atoms with Gasteiger partial charge in [0.05, 0.1) is 36.4 Å². The summed E-state index contributed by atoms with van der Waals surface area (Å²) in [6, 6.07) is 0. The van der Waals surface area contributed by atoms with Crippen LogP contribution in [0, 0.1) is 5.92 Å². The minimum absolute atomic E-state index is 0.105. The summed E-state index contributed by atoms with van der Waals surface area (Å²) in [5, 5.41) is 21.7. The standard InChI is InChI=1S/C21H30O6/c1-12-14-8-7-13(19(24)26-4)6-5-10-20(2,25)15-9-11-21(3,27-15)16(17(12)22)18(14)23/h6,15-17,22,25H,5,7-11H2,1-4H3/b13-6+/t15-,16-,17+,20-,21+/m0/s1. The second kappa shape index (κ2) is 7.15. The topological polar surface area (TPSA) is 93.1 Å². The second-order valence-electron chi connectivity index (χ2n) is 8.52. The van der Waals surface area contributed by atoms with Gasteiger partial charge in [0.1, 0.15) is 0 Å². The number of ketones is 1. The Balaban J connectivity index is 2.00. The van der Waals surface area contributed by atoms with Crippen LogP contribution in [0.4, 0.5) is 0 Å². The van der Waals surface area contributed by atoms with E-state index in [2.05, 4.69) is 0 Å². The number of fused-ring (bicyclic) bond motifs is 5. The minimum atomic E-state index is -1.08. The molecule has 1 saturated heterocycles. The molecule has 0 radical (unpaired) electrons. The van der Waals surface area contributed by atoms with Crippen molar-refractivity contribution in [1.29, 1.82) is 0 Å². The van der Waals surface area contributed by atoms with Crippen LogP contribution in [-0.4, -0.2) is 52.5 Å². The highest BCUT2D eigenvalue weighted by atomic mass is 16.5. The van der Waals surface area contributed by atoms with Crippen LogP contribution in [0.2, 0.25) is 0 Å². The van der Waals surface area contributed by atoms with Gasteiger partial charge < -0.3 is 19.7 Å². The number of hydrogen-bond acceptors (Lipinski definition) is 6. The van der Waals surface area contributed by atoms with E-state index in [1.165, 1.54) is 7.11 Å². The minimum Gasteiger partial charge on any atom is -0.466 e. The summed E-state index contributed by atoms with van der Waals surface area (Å²) in [4.78, 5) is 25.2. The van der Waals surface area contributed by atoms with Crippen LogP contribution in [0.1, 0.15) is 59.3 Å². The fourth-order valence-electron chi connectivity index (χ4n) is 4.79. The molecule has 2 heterocycles. The van der Waals surface area contributed by atoms with Crippen LogP contribution < -0.4 is 0 Å². The zero-order valence-electron chi connectivity index (χ0n) is 16.6. The van der Waals surface area contributed by atoms with Crippen LogP contribution in [0.15, 0.2) is 22.8 Å². The highest BCUT2D eigenvalue weighted by Crippen LogP contribution is 2.47. The first kappa shape index (κ1) is 20.2. The van der Waals surface area contributed by atoms with Gasteiger partial charge >= 0.3 is 5.97 Å². The Bertz CT molecular complexity index is 703. The van der Waals surface area contributed by atoms with Crippen LogP contribution in [0.5, 0.6) is 0 Å². The number of aliphatic hydroxyl groups excluding tert-OH is 1. The average Bonchev–Trinajstić information content (AvgIpc) is 3.10. The van der Waals surface area contributed by atoms with Gasteiger partial charge in [0.15, 0.2) is 5.78 Å². The average molecular weight is 378 g/mol.